The van der Waals surface area contributed by atoms with Crippen molar-refractivity contribution in [2.24, 2.45) is 0 Å². The Kier molecular flexibility index (Phi) is 0.943. The first kappa shape index (κ1) is 5.34. The Morgan fingerprint density at radius 1 is 1.40 bits per heavy atom. The van der Waals surface area contributed by atoms with Crippen molar-refractivity contribution < 1.29 is 4.42 Å². The highest BCUT2D eigenvalue weighted by molar-refractivity contribution is 5.49. The standard InChI is InChI=1S/C6H5N3O/c1-4-5-6(9-8-4)10-3-2-7-5/h2-3H,1H3. The molecular weight excluding hydrogens is 130 g/mol. The van der Waals surface area contributed by atoms with Crippen LogP contribution < -0.4 is 0 Å². The van der Waals surface area contributed by atoms with Gasteiger partial charge in [0.05, 0.1) is 11.9 Å². The van der Waals surface area contributed by atoms with Gasteiger partial charge >= 0.3 is 0 Å². The predicted molar refractivity (Wildman–Crippen MR) is 33.5 cm³/mol. The Hall–Kier alpha value is -1.45. The van der Waals surface area contributed by atoms with Crippen LogP contribution in [0.1, 0.15) is 5.69 Å². The highest BCUT2D eigenvalue weighted by atomic mass is 16.3. The maximum atomic E-state index is 5.00. The minimum atomic E-state index is 0.500. The molecule has 0 bridgehead atoms. The highest BCUT2D eigenvalue weighted by Gasteiger charge is 2.11. The van der Waals surface area contributed by atoms with Gasteiger partial charge in [-0.05, 0) is 6.92 Å². The topological polar surface area (TPSA) is 51.8 Å². The van der Waals surface area contributed by atoms with E-state index in [9.17, 15) is 0 Å². The van der Waals surface area contributed by atoms with Gasteiger partial charge in [-0.2, -0.15) is 0 Å². The van der Waals surface area contributed by atoms with Gasteiger partial charge in [-0.15, -0.1) is 10.2 Å². The van der Waals surface area contributed by atoms with Crippen molar-refractivity contribution in [3.05, 3.63) is 18.2 Å². The third-order valence-corrected chi connectivity index (χ3v) is 1.28. The number of aromatic nitrogens is 3. The van der Waals surface area contributed by atoms with Crippen molar-refractivity contribution in [3.8, 4) is 11.6 Å². The molecule has 0 aliphatic carbocycles. The van der Waals surface area contributed by atoms with Crippen molar-refractivity contribution >= 4 is 0 Å². The number of hydrogen-bond acceptors (Lipinski definition) is 4. The molecular formula is C6H5N3O. The van der Waals surface area contributed by atoms with E-state index in [0.717, 1.165) is 11.4 Å². The average molecular weight is 135 g/mol. The van der Waals surface area contributed by atoms with Crippen LogP contribution in [-0.2, 0) is 0 Å². The van der Waals surface area contributed by atoms with Gasteiger partial charge in [-0.3, -0.25) is 0 Å². The van der Waals surface area contributed by atoms with Crippen molar-refractivity contribution in [1.82, 2.24) is 15.2 Å². The number of aryl methyl sites for hydroxylation is 1. The molecule has 0 aromatic carbocycles. The predicted octanol–water partition coefficient (Wildman–Crippen LogP) is 0.878. The summed E-state index contributed by atoms with van der Waals surface area (Å²) in [5.41, 5.74) is 1.54. The molecule has 4 nitrogen and oxygen atoms in total. The molecule has 2 rings (SSSR count). The lowest BCUT2D eigenvalue weighted by Crippen LogP contribution is -1.80. The molecule has 4 heteroatoms. The fourth-order valence-electron chi connectivity index (χ4n) is 0.798. The zero-order chi connectivity index (χ0) is 6.97. The molecule has 0 aromatic rings. The third-order valence-electron chi connectivity index (χ3n) is 1.28. The van der Waals surface area contributed by atoms with E-state index < -0.39 is 0 Å². The Morgan fingerprint density at radius 3 is 3.10 bits per heavy atom. The molecule has 0 fully saturated rings. The van der Waals surface area contributed by atoms with Gasteiger partial charge in [0.15, 0.2) is 5.69 Å². The first-order valence-corrected chi connectivity index (χ1v) is 2.90. The zero-order valence-electron chi connectivity index (χ0n) is 5.40. The molecule has 2 heterocycles. The number of nitrogens with zero attached hydrogens (tertiary/aromatic N) is 3. The molecule has 0 saturated carbocycles. The smallest absolute Gasteiger partial charge is 0.266 e. The van der Waals surface area contributed by atoms with Gasteiger partial charge in [0.1, 0.15) is 6.26 Å². The van der Waals surface area contributed by atoms with E-state index >= 15 is 0 Å². The molecule has 2 aliphatic rings. The lowest BCUT2D eigenvalue weighted by atomic mass is 10.3. The summed E-state index contributed by atoms with van der Waals surface area (Å²) in [5, 5.41) is 7.53. The van der Waals surface area contributed by atoms with Crippen LogP contribution in [0.2, 0.25) is 0 Å². The maximum Gasteiger partial charge on any atom is 0.266 e. The summed E-state index contributed by atoms with van der Waals surface area (Å²) in [6.45, 7) is 1.85. The van der Waals surface area contributed by atoms with Crippen LogP contribution in [-0.4, -0.2) is 15.2 Å². The number of rotatable bonds is 0. The van der Waals surface area contributed by atoms with Gasteiger partial charge in [-0.1, -0.05) is 0 Å². The number of fused-ring (bicyclic) bond motifs is 1. The fraction of sp³-hybridized carbons (Fsp3) is 0.167. The van der Waals surface area contributed by atoms with Crippen LogP contribution >= 0.6 is 0 Å². The van der Waals surface area contributed by atoms with E-state index in [1.165, 1.54) is 6.26 Å². The highest BCUT2D eigenvalue weighted by Crippen LogP contribution is 2.17. The van der Waals surface area contributed by atoms with E-state index in [0.29, 0.717) is 5.89 Å². The van der Waals surface area contributed by atoms with E-state index in [1.807, 2.05) is 6.92 Å². The van der Waals surface area contributed by atoms with Crippen LogP contribution in [0, 0.1) is 6.92 Å². The number of hydrogen-bond donors (Lipinski definition) is 0. The Bertz CT molecular complexity index is 317. The zero-order valence-corrected chi connectivity index (χ0v) is 5.40. The summed E-state index contributed by atoms with van der Waals surface area (Å²) in [7, 11) is 0. The van der Waals surface area contributed by atoms with Gasteiger partial charge < -0.3 is 4.42 Å². The van der Waals surface area contributed by atoms with Crippen LogP contribution in [0.3, 0.4) is 0 Å². The minimum absolute atomic E-state index is 0.500. The Morgan fingerprint density at radius 2 is 2.30 bits per heavy atom. The van der Waals surface area contributed by atoms with Crippen molar-refractivity contribution in [2.75, 3.05) is 0 Å². The van der Waals surface area contributed by atoms with Gasteiger partial charge in [0, 0.05) is 0 Å². The fourth-order valence-corrected chi connectivity index (χ4v) is 0.798. The van der Waals surface area contributed by atoms with Crippen LogP contribution in [0.25, 0.3) is 11.6 Å². The van der Waals surface area contributed by atoms with Crippen LogP contribution in [0.4, 0.5) is 0 Å². The molecule has 0 amide bonds. The second-order valence-electron chi connectivity index (χ2n) is 1.97. The quantitative estimate of drug-likeness (QED) is 0.538. The molecule has 0 N–H and O–H groups in total. The second-order valence-corrected chi connectivity index (χ2v) is 1.97. The maximum absolute atomic E-state index is 5.00. The van der Waals surface area contributed by atoms with Gasteiger partial charge in [0.25, 0.3) is 5.89 Å². The van der Waals surface area contributed by atoms with E-state index in [4.69, 9.17) is 4.42 Å². The summed E-state index contributed by atoms with van der Waals surface area (Å²) in [6, 6.07) is 0. The average Bonchev–Trinajstić information content (AvgIpc) is 2.34. The normalized spacial score (nSPS) is 10.5. The summed E-state index contributed by atoms with van der Waals surface area (Å²) in [6.07, 6.45) is 3.06. The Balaban J connectivity index is 2.78. The third kappa shape index (κ3) is 0.586. The van der Waals surface area contributed by atoms with E-state index in [1.54, 1.807) is 6.20 Å². The van der Waals surface area contributed by atoms with Crippen molar-refractivity contribution in [2.45, 2.75) is 6.92 Å². The molecule has 2 aliphatic heterocycles. The first-order valence-electron chi connectivity index (χ1n) is 2.90. The van der Waals surface area contributed by atoms with E-state index in [-0.39, 0.29) is 0 Å². The van der Waals surface area contributed by atoms with Crippen molar-refractivity contribution in [3.63, 3.8) is 0 Å². The molecule has 10 heavy (non-hydrogen) atoms. The minimum Gasteiger partial charge on any atom is -0.442 e. The second kappa shape index (κ2) is 1.76. The summed E-state index contributed by atoms with van der Waals surface area (Å²) >= 11 is 0. The molecule has 0 radical (unpaired) electrons. The lowest BCUT2D eigenvalue weighted by molar-refractivity contribution is 0.539. The molecule has 0 aromatic heterocycles. The van der Waals surface area contributed by atoms with Gasteiger partial charge in [-0.25, -0.2) is 4.98 Å². The summed E-state index contributed by atoms with van der Waals surface area (Å²) in [4.78, 5) is 4.02. The van der Waals surface area contributed by atoms with Gasteiger partial charge in [0.2, 0.25) is 0 Å². The Labute approximate surface area is 57.3 Å². The van der Waals surface area contributed by atoms with Crippen LogP contribution in [0.15, 0.2) is 16.9 Å². The molecule has 0 spiro atoms. The first-order chi connectivity index (χ1) is 4.88. The molecule has 0 saturated heterocycles. The summed E-state index contributed by atoms with van der Waals surface area (Å²) < 4.78 is 5.00. The SMILES string of the molecule is Cc1nnc2occnc1-2. The lowest BCUT2D eigenvalue weighted by Gasteiger charge is -1.90. The summed E-state index contributed by atoms with van der Waals surface area (Å²) in [5.74, 6) is 0.500. The van der Waals surface area contributed by atoms with Crippen LogP contribution in [0.5, 0.6) is 0 Å². The monoisotopic (exact) mass is 135 g/mol. The van der Waals surface area contributed by atoms with E-state index in [2.05, 4.69) is 15.2 Å². The largest absolute Gasteiger partial charge is 0.442 e. The molecule has 0 atom stereocenters. The molecule has 0 unspecified atom stereocenters. The molecule has 50 valence electrons. The van der Waals surface area contributed by atoms with Crippen molar-refractivity contribution in [1.29, 1.82) is 0 Å².